The molecule has 0 atom stereocenters. The maximum atomic E-state index is 12.4. The van der Waals surface area contributed by atoms with Crippen LogP contribution in [-0.4, -0.2) is 33.3 Å². The highest BCUT2D eigenvalue weighted by atomic mass is 16.1. The average molecular weight is 281 g/mol. The van der Waals surface area contributed by atoms with Crippen molar-refractivity contribution < 1.29 is 0 Å². The fraction of sp³-hybridized carbons (Fsp3) is 0.133. The van der Waals surface area contributed by atoms with Crippen LogP contribution in [-0.2, 0) is 0 Å². The van der Waals surface area contributed by atoms with Crippen LogP contribution in [0.3, 0.4) is 0 Å². The zero-order chi connectivity index (χ0) is 14.8. The highest BCUT2D eigenvalue weighted by Crippen LogP contribution is 2.20. The van der Waals surface area contributed by atoms with E-state index in [1.165, 1.54) is 0 Å². The highest BCUT2D eigenvalue weighted by molar-refractivity contribution is 6.04. The van der Waals surface area contributed by atoms with Crippen molar-refractivity contribution >= 4 is 27.8 Å². The molecule has 0 unspecified atom stereocenters. The minimum atomic E-state index is -0.180. The molecule has 0 amide bonds. The maximum absolute atomic E-state index is 12.4. The van der Waals surface area contributed by atoms with Gasteiger partial charge in [-0.25, -0.2) is 4.98 Å². The monoisotopic (exact) mass is 281 g/mol. The van der Waals surface area contributed by atoms with Crippen molar-refractivity contribution in [1.82, 2.24) is 20.2 Å². The number of hydrogen-bond acceptors (Lipinski definition) is 4. The van der Waals surface area contributed by atoms with Crippen LogP contribution in [0, 0.1) is 0 Å². The van der Waals surface area contributed by atoms with Gasteiger partial charge in [0, 0.05) is 18.5 Å². The molecule has 0 bridgehead atoms. The average Bonchev–Trinajstić information content (AvgIpc) is 2.95. The first kappa shape index (κ1) is 13.1. The first-order valence-corrected chi connectivity index (χ1v) is 6.57. The van der Waals surface area contributed by atoms with Gasteiger partial charge in [0.15, 0.2) is 0 Å². The van der Waals surface area contributed by atoms with Gasteiger partial charge >= 0.3 is 0 Å². The quantitative estimate of drug-likeness (QED) is 0.701. The van der Waals surface area contributed by atoms with E-state index >= 15 is 0 Å². The van der Waals surface area contributed by atoms with E-state index in [-0.39, 0.29) is 5.56 Å². The molecule has 0 aliphatic heterocycles. The Morgan fingerprint density at radius 2 is 2.00 bits per heavy atom. The third kappa shape index (κ3) is 2.20. The van der Waals surface area contributed by atoms with Crippen LogP contribution >= 0.6 is 0 Å². The van der Waals surface area contributed by atoms with E-state index in [1.807, 2.05) is 17.0 Å². The molecule has 106 valence electrons. The number of fused-ring (bicyclic) bond motifs is 3. The van der Waals surface area contributed by atoms with Crippen LogP contribution in [0.2, 0.25) is 0 Å². The molecule has 3 aromatic rings. The van der Waals surface area contributed by atoms with E-state index in [2.05, 4.69) is 33.3 Å². The molecule has 0 saturated carbocycles. The summed E-state index contributed by atoms with van der Waals surface area (Å²) in [4.78, 5) is 21.7. The van der Waals surface area contributed by atoms with Gasteiger partial charge in [0.1, 0.15) is 0 Å². The van der Waals surface area contributed by atoms with Crippen LogP contribution in [0.5, 0.6) is 0 Å². The summed E-state index contributed by atoms with van der Waals surface area (Å²) < 4.78 is 0. The predicted octanol–water partition coefficient (Wildman–Crippen LogP) is 1.98. The molecule has 0 fully saturated rings. The topological polar surface area (TPSA) is 77.7 Å². The molecule has 2 aromatic heterocycles. The summed E-state index contributed by atoms with van der Waals surface area (Å²) in [6.07, 6.45) is 5.15. The number of nitrogens with zero attached hydrogens (tertiary/aromatic N) is 3. The van der Waals surface area contributed by atoms with Gasteiger partial charge in [-0.1, -0.05) is 12.2 Å². The van der Waals surface area contributed by atoms with Crippen molar-refractivity contribution in [2.75, 3.05) is 18.0 Å². The Balaban J connectivity index is 2.23. The molecule has 0 aliphatic carbocycles. The molecule has 0 saturated heterocycles. The fourth-order valence-electron chi connectivity index (χ4n) is 2.35. The van der Waals surface area contributed by atoms with Gasteiger partial charge in [-0.3, -0.25) is 14.9 Å². The third-order valence-electron chi connectivity index (χ3n) is 3.28. The lowest BCUT2D eigenvalue weighted by molar-refractivity contribution is 0.892. The van der Waals surface area contributed by atoms with Crippen molar-refractivity contribution in [1.29, 1.82) is 0 Å². The van der Waals surface area contributed by atoms with Gasteiger partial charge in [0.05, 0.1) is 22.6 Å². The molecule has 21 heavy (non-hydrogen) atoms. The lowest BCUT2D eigenvalue weighted by atomic mass is 10.1. The zero-order valence-corrected chi connectivity index (χ0v) is 11.5. The van der Waals surface area contributed by atoms with Crippen LogP contribution in [0.1, 0.15) is 0 Å². The van der Waals surface area contributed by atoms with E-state index in [0.29, 0.717) is 29.9 Å². The van der Waals surface area contributed by atoms with Gasteiger partial charge in [-0.05, 0) is 12.1 Å². The SMILES string of the molecule is C=CCN(CC=C)c1nc2ccc3[nH]ncc3c2c(=O)[nH]1. The summed E-state index contributed by atoms with van der Waals surface area (Å²) in [5.74, 6) is 0.509. The Kier molecular flexibility index (Phi) is 3.27. The summed E-state index contributed by atoms with van der Waals surface area (Å²) in [6.45, 7) is 8.59. The van der Waals surface area contributed by atoms with Crippen molar-refractivity contribution in [2.45, 2.75) is 0 Å². The number of H-pyrrole nitrogens is 2. The Hall–Kier alpha value is -2.89. The van der Waals surface area contributed by atoms with Gasteiger partial charge in [0.25, 0.3) is 5.56 Å². The number of nitrogens with one attached hydrogen (secondary N) is 2. The molecule has 0 aliphatic rings. The molecule has 6 nitrogen and oxygen atoms in total. The number of hydrogen-bond donors (Lipinski definition) is 2. The number of aromatic amines is 2. The minimum absolute atomic E-state index is 0.180. The second kappa shape index (κ2) is 5.24. The van der Waals surface area contributed by atoms with Crippen LogP contribution in [0.25, 0.3) is 21.8 Å². The van der Waals surface area contributed by atoms with Crippen molar-refractivity contribution in [3.8, 4) is 0 Å². The molecule has 0 spiro atoms. The second-order valence-corrected chi connectivity index (χ2v) is 4.66. The predicted molar refractivity (Wildman–Crippen MR) is 84.6 cm³/mol. The summed E-state index contributed by atoms with van der Waals surface area (Å²) >= 11 is 0. The first-order valence-electron chi connectivity index (χ1n) is 6.57. The molecule has 6 heteroatoms. The standard InChI is InChI=1S/C15H15N5O/c1-3-7-20(8-4-2)15-17-12-6-5-11-10(9-16-19-11)13(12)14(21)18-15/h3-6,9H,1-2,7-8H2,(H,16,19)(H,17,18,21). The second-order valence-electron chi connectivity index (χ2n) is 4.66. The van der Waals surface area contributed by atoms with E-state index in [1.54, 1.807) is 18.3 Å². The molecule has 0 radical (unpaired) electrons. The number of benzene rings is 1. The molecule has 2 heterocycles. The van der Waals surface area contributed by atoms with E-state index < -0.39 is 0 Å². The number of aromatic nitrogens is 4. The summed E-state index contributed by atoms with van der Waals surface area (Å²) in [5, 5.41) is 8.13. The van der Waals surface area contributed by atoms with E-state index in [4.69, 9.17) is 0 Å². The summed E-state index contributed by atoms with van der Waals surface area (Å²) in [7, 11) is 0. The highest BCUT2D eigenvalue weighted by Gasteiger charge is 2.12. The van der Waals surface area contributed by atoms with Gasteiger partial charge < -0.3 is 4.90 Å². The van der Waals surface area contributed by atoms with Gasteiger partial charge in [0.2, 0.25) is 5.95 Å². The minimum Gasteiger partial charge on any atom is -0.335 e. The largest absolute Gasteiger partial charge is 0.335 e. The Bertz CT molecular complexity index is 867. The van der Waals surface area contributed by atoms with Crippen LogP contribution < -0.4 is 10.5 Å². The van der Waals surface area contributed by atoms with E-state index in [9.17, 15) is 4.79 Å². The summed E-state index contributed by atoms with van der Waals surface area (Å²) in [5.41, 5.74) is 1.28. The zero-order valence-electron chi connectivity index (χ0n) is 11.5. The molecule has 3 rings (SSSR count). The van der Waals surface area contributed by atoms with E-state index in [0.717, 1.165) is 10.9 Å². The Labute approximate surface area is 120 Å². The lowest BCUT2D eigenvalue weighted by Gasteiger charge is -2.19. The van der Waals surface area contributed by atoms with Crippen molar-refractivity contribution in [3.63, 3.8) is 0 Å². The van der Waals surface area contributed by atoms with Gasteiger partial charge in [-0.15, -0.1) is 13.2 Å². The van der Waals surface area contributed by atoms with Crippen molar-refractivity contribution in [3.05, 3.63) is 54.0 Å². The third-order valence-corrected chi connectivity index (χ3v) is 3.28. The van der Waals surface area contributed by atoms with Crippen molar-refractivity contribution in [2.24, 2.45) is 0 Å². The number of anilines is 1. The van der Waals surface area contributed by atoms with Crippen LogP contribution in [0.4, 0.5) is 5.95 Å². The molecule has 1 aromatic carbocycles. The molecule has 2 N–H and O–H groups in total. The van der Waals surface area contributed by atoms with Gasteiger partial charge in [-0.2, -0.15) is 5.10 Å². The fourth-order valence-corrected chi connectivity index (χ4v) is 2.35. The number of rotatable bonds is 5. The first-order chi connectivity index (χ1) is 10.2. The normalized spacial score (nSPS) is 10.9. The summed E-state index contributed by atoms with van der Waals surface area (Å²) in [6, 6.07) is 3.68. The Morgan fingerprint density at radius 3 is 2.71 bits per heavy atom. The molecular weight excluding hydrogens is 266 g/mol. The molecular formula is C15H15N5O. The lowest BCUT2D eigenvalue weighted by Crippen LogP contribution is -2.27. The smallest absolute Gasteiger partial charge is 0.260 e. The van der Waals surface area contributed by atoms with Crippen LogP contribution in [0.15, 0.2) is 48.4 Å². The Morgan fingerprint density at radius 1 is 1.24 bits per heavy atom. The maximum Gasteiger partial charge on any atom is 0.260 e.